The zero-order valence-corrected chi connectivity index (χ0v) is 17.1. The number of aromatic amines is 1. The minimum Gasteiger partial charge on any atom is -0.444 e. The van der Waals surface area contributed by atoms with E-state index in [0.717, 1.165) is 25.5 Å². The Morgan fingerprint density at radius 2 is 2.07 bits per heavy atom. The highest BCUT2D eigenvalue weighted by Gasteiger charge is 2.49. The van der Waals surface area contributed by atoms with Crippen molar-refractivity contribution in [3.63, 3.8) is 0 Å². The van der Waals surface area contributed by atoms with Gasteiger partial charge in [-0.1, -0.05) is 0 Å². The van der Waals surface area contributed by atoms with E-state index in [9.17, 15) is 4.79 Å². The number of nitrogens with one attached hydrogen (secondary N) is 2. The third-order valence-electron chi connectivity index (χ3n) is 5.66. The van der Waals surface area contributed by atoms with E-state index in [-0.39, 0.29) is 12.1 Å². The quantitative estimate of drug-likeness (QED) is 0.818. The number of anilines is 3. The number of rotatable bonds is 4. The Labute approximate surface area is 169 Å². The number of nitrogens with zero attached hydrogens (tertiary/aromatic N) is 5. The number of likely N-dealkylation sites (tertiary alicyclic amines) is 1. The van der Waals surface area contributed by atoms with Gasteiger partial charge in [-0.15, -0.1) is 0 Å². The van der Waals surface area contributed by atoms with Crippen molar-refractivity contribution in [3.05, 3.63) is 24.0 Å². The lowest BCUT2D eigenvalue weighted by Gasteiger charge is -2.43. The molecule has 0 aromatic carbocycles. The van der Waals surface area contributed by atoms with Gasteiger partial charge in [0.15, 0.2) is 5.82 Å². The molecule has 3 aliphatic rings. The van der Waals surface area contributed by atoms with E-state index >= 15 is 0 Å². The fraction of sp³-hybridized carbons (Fsp3) is 0.600. The maximum atomic E-state index is 12.4. The number of aromatic nitrogens is 4. The largest absolute Gasteiger partial charge is 0.444 e. The molecule has 2 aromatic heterocycles. The van der Waals surface area contributed by atoms with E-state index < -0.39 is 5.60 Å². The molecule has 2 atom stereocenters. The summed E-state index contributed by atoms with van der Waals surface area (Å²) in [6, 6.07) is 4.05. The van der Waals surface area contributed by atoms with Crippen LogP contribution >= 0.6 is 0 Å². The average molecular weight is 397 g/mol. The van der Waals surface area contributed by atoms with Gasteiger partial charge in [0, 0.05) is 49.4 Å². The summed E-state index contributed by atoms with van der Waals surface area (Å²) in [5.74, 6) is 3.23. The fourth-order valence-electron chi connectivity index (χ4n) is 4.04. The lowest BCUT2D eigenvalue weighted by Crippen LogP contribution is -2.59. The first-order chi connectivity index (χ1) is 13.9. The molecule has 29 heavy (non-hydrogen) atoms. The summed E-state index contributed by atoms with van der Waals surface area (Å²) in [5.41, 5.74) is 0.704. The van der Waals surface area contributed by atoms with Gasteiger partial charge in [-0.25, -0.2) is 9.78 Å². The number of hydrogen-bond donors (Lipinski definition) is 2. The number of amides is 1. The first kappa shape index (κ1) is 18.2. The summed E-state index contributed by atoms with van der Waals surface area (Å²) in [7, 11) is 0. The summed E-state index contributed by atoms with van der Waals surface area (Å²) in [4.78, 5) is 25.4. The molecular formula is C20H27N7O2. The first-order valence-corrected chi connectivity index (χ1v) is 10.3. The van der Waals surface area contributed by atoms with Gasteiger partial charge in [-0.05, 0) is 39.7 Å². The van der Waals surface area contributed by atoms with Gasteiger partial charge in [-0.2, -0.15) is 10.1 Å². The molecule has 0 bridgehead atoms. The van der Waals surface area contributed by atoms with Crippen molar-refractivity contribution in [1.82, 2.24) is 25.1 Å². The Morgan fingerprint density at radius 1 is 1.24 bits per heavy atom. The Balaban J connectivity index is 1.23. The molecule has 5 rings (SSSR count). The fourth-order valence-corrected chi connectivity index (χ4v) is 4.04. The molecule has 154 valence electrons. The summed E-state index contributed by atoms with van der Waals surface area (Å²) < 4.78 is 5.52. The second-order valence-corrected chi connectivity index (χ2v) is 9.21. The lowest BCUT2D eigenvalue weighted by atomic mass is 9.93. The van der Waals surface area contributed by atoms with Gasteiger partial charge in [0.2, 0.25) is 5.95 Å². The van der Waals surface area contributed by atoms with Gasteiger partial charge >= 0.3 is 6.09 Å². The smallest absolute Gasteiger partial charge is 0.410 e. The molecule has 1 saturated carbocycles. The highest BCUT2D eigenvalue weighted by Crippen LogP contribution is 2.40. The van der Waals surface area contributed by atoms with E-state index in [1.165, 1.54) is 18.5 Å². The van der Waals surface area contributed by atoms with Crippen molar-refractivity contribution in [1.29, 1.82) is 0 Å². The molecule has 2 N–H and O–H groups in total. The van der Waals surface area contributed by atoms with Crippen molar-refractivity contribution in [3.8, 4) is 0 Å². The molecule has 9 nitrogen and oxygen atoms in total. The van der Waals surface area contributed by atoms with E-state index in [4.69, 9.17) is 4.74 Å². The maximum Gasteiger partial charge on any atom is 0.410 e. The van der Waals surface area contributed by atoms with Crippen LogP contribution in [0.3, 0.4) is 0 Å². The Morgan fingerprint density at radius 3 is 2.83 bits per heavy atom. The number of carbonyl (C=O) groups is 1. The Bertz CT molecular complexity index is 918. The zero-order chi connectivity index (χ0) is 20.2. The molecule has 9 heteroatoms. The molecule has 4 heterocycles. The van der Waals surface area contributed by atoms with Crippen molar-refractivity contribution in [2.75, 3.05) is 29.9 Å². The van der Waals surface area contributed by atoms with E-state index in [1.54, 1.807) is 6.20 Å². The highest BCUT2D eigenvalue weighted by atomic mass is 16.6. The van der Waals surface area contributed by atoms with E-state index in [0.29, 0.717) is 23.6 Å². The number of hydrogen-bond acceptors (Lipinski definition) is 7. The van der Waals surface area contributed by atoms with Crippen LogP contribution in [0.15, 0.2) is 18.3 Å². The minimum absolute atomic E-state index is 0.164. The molecule has 0 radical (unpaired) electrons. The average Bonchev–Trinajstić information content (AvgIpc) is 3.30. The number of fused-ring (bicyclic) bond motifs is 1. The van der Waals surface area contributed by atoms with Crippen LogP contribution in [0, 0.1) is 5.92 Å². The first-order valence-electron chi connectivity index (χ1n) is 10.3. The molecular weight excluding hydrogens is 370 g/mol. The molecule has 1 amide bonds. The molecule has 0 unspecified atom stereocenters. The zero-order valence-electron chi connectivity index (χ0n) is 17.1. The molecule has 1 aliphatic carbocycles. The third kappa shape index (κ3) is 3.73. The van der Waals surface area contributed by atoms with Crippen LogP contribution in [-0.2, 0) is 4.74 Å². The van der Waals surface area contributed by atoms with Gasteiger partial charge in [0.1, 0.15) is 11.4 Å². The molecule has 2 saturated heterocycles. The lowest BCUT2D eigenvalue weighted by molar-refractivity contribution is -0.0163. The van der Waals surface area contributed by atoms with Crippen LogP contribution in [0.1, 0.15) is 45.2 Å². The van der Waals surface area contributed by atoms with Crippen LogP contribution in [-0.4, -0.2) is 62.4 Å². The number of H-pyrrole nitrogens is 1. The Kier molecular flexibility index (Phi) is 4.15. The van der Waals surface area contributed by atoms with Crippen LogP contribution in [0.2, 0.25) is 0 Å². The highest BCUT2D eigenvalue weighted by molar-refractivity contribution is 5.70. The SMILES string of the molecule is CC(C)(C)OC(=O)N1C[C@H]2CN(c3nccc(Nc4cc(C5CC5)[nH]n4)n3)C[C@H]21. The molecule has 2 aromatic rings. The van der Waals surface area contributed by atoms with Crippen LogP contribution in [0.25, 0.3) is 0 Å². The second-order valence-electron chi connectivity index (χ2n) is 9.21. The number of ether oxygens (including phenoxy) is 1. The number of carbonyl (C=O) groups excluding carboxylic acids is 1. The normalized spacial score (nSPS) is 23.6. The van der Waals surface area contributed by atoms with Crippen molar-refractivity contribution < 1.29 is 9.53 Å². The van der Waals surface area contributed by atoms with Crippen LogP contribution < -0.4 is 10.2 Å². The summed E-state index contributed by atoms with van der Waals surface area (Å²) in [6.07, 6.45) is 3.99. The van der Waals surface area contributed by atoms with Gasteiger partial charge in [0.25, 0.3) is 0 Å². The van der Waals surface area contributed by atoms with Crippen molar-refractivity contribution in [2.24, 2.45) is 5.92 Å². The molecule has 3 fully saturated rings. The van der Waals surface area contributed by atoms with E-state index in [2.05, 4.69) is 30.4 Å². The van der Waals surface area contributed by atoms with Crippen LogP contribution in [0.4, 0.5) is 22.4 Å². The van der Waals surface area contributed by atoms with Gasteiger partial charge in [-0.3, -0.25) is 5.10 Å². The summed E-state index contributed by atoms with van der Waals surface area (Å²) in [6.45, 7) is 7.97. The van der Waals surface area contributed by atoms with Crippen LogP contribution in [0.5, 0.6) is 0 Å². The predicted molar refractivity (Wildman–Crippen MR) is 108 cm³/mol. The predicted octanol–water partition coefficient (Wildman–Crippen LogP) is 2.88. The monoisotopic (exact) mass is 397 g/mol. The van der Waals surface area contributed by atoms with E-state index in [1.807, 2.05) is 37.8 Å². The van der Waals surface area contributed by atoms with Gasteiger partial charge in [0.05, 0.1) is 6.04 Å². The summed E-state index contributed by atoms with van der Waals surface area (Å²) >= 11 is 0. The molecule has 0 spiro atoms. The molecule has 2 aliphatic heterocycles. The second kappa shape index (κ2) is 6.60. The topological polar surface area (TPSA) is 99.3 Å². The maximum absolute atomic E-state index is 12.4. The summed E-state index contributed by atoms with van der Waals surface area (Å²) in [5, 5.41) is 10.7. The standard InChI is InChI=1S/C20H27N7O2/c1-20(2,3)29-19(28)27-10-13-9-26(11-15(13)27)18-21-7-6-16(23-18)22-17-8-14(24-25-17)12-4-5-12/h6-8,12-13,15H,4-5,9-11H2,1-3H3,(H2,21,22,23,24,25)/t13-,15-/m1/s1. The minimum atomic E-state index is -0.477. The van der Waals surface area contributed by atoms with Crippen molar-refractivity contribution in [2.45, 2.75) is 51.2 Å². The Hall–Kier alpha value is -2.84. The van der Waals surface area contributed by atoms with Gasteiger partial charge < -0.3 is 19.9 Å². The third-order valence-corrected chi connectivity index (χ3v) is 5.66. The van der Waals surface area contributed by atoms with Crippen molar-refractivity contribution >= 4 is 23.7 Å².